The zero-order chi connectivity index (χ0) is 56.9. The lowest BCUT2D eigenvalue weighted by molar-refractivity contribution is -0.134. The summed E-state index contributed by atoms with van der Waals surface area (Å²) in [5, 5.41) is 23.3. The first-order valence-corrected chi connectivity index (χ1v) is 25.0. The van der Waals surface area contributed by atoms with Gasteiger partial charge in [-0.15, -0.1) is 0 Å². The standard InChI is InChI=1S/C9H8Cl3NO.C9H8N2O2.2C8H5Cl3N2.C8H6N2O2.C6H8N2.C2H4O2/c10-9(11,12)8(13)14-6-7-4-2-1-3-5-7;1-13-9(12)8-10-6-4-2-3-5-7(6)11-8;2*9-8(10,11)7-12-5-3-1-2-4-6(5)13-7;11-8(12)7-9-5-3-1-2-4-6(5)10-7;7-5-3-1-2-4-6(5)8;1-2(3)4/h1-5,13H,6H2;2-5H,1H3,(H,10,11);2*1-4H,(H,12,13);1-4H,(H,9,10)(H,11,12);1-4H,7-8H2;1H3,(H,3,4). The average molecular weight is 1230 g/mol. The number of carboxylic acids is 2. The zero-order valence-corrected chi connectivity index (χ0v) is 46.7. The van der Waals surface area contributed by atoms with E-state index in [4.69, 9.17) is 141 Å². The second-order valence-electron chi connectivity index (χ2n) is 15.0. The molecule has 10 rings (SSSR count). The molecule has 0 aliphatic carbocycles. The van der Waals surface area contributed by atoms with Gasteiger partial charge in [-0.2, -0.15) is 0 Å². The number of carbonyl (C=O) groups is 3. The van der Waals surface area contributed by atoms with Gasteiger partial charge in [-0.05, 0) is 66.2 Å². The molecule has 0 aliphatic heterocycles. The number of H-pyrrole nitrogens is 4. The molecule has 0 atom stereocenters. The minimum Gasteiger partial charge on any atom is -0.481 e. The van der Waals surface area contributed by atoms with Crippen LogP contribution in [0.2, 0.25) is 0 Å². The highest BCUT2D eigenvalue weighted by molar-refractivity contribution is 6.76. The van der Waals surface area contributed by atoms with Crippen molar-refractivity contribution in [3.05, 3.63) is 181 Å². The van der Waals surface area contributed by atoms with E-state index < -0.39 is 29.3 Å². The summed E-state index contributed by atoms with van der Waals surface area (Å²) in [5.41, 5.74) is 19.3. The number of halogens is 9. The maximum atomic E-state index is 11.1. The summed E-state index contributed by atoms with van der Waals surface area (Å²) in [4.78, 5) is 58.1. The molecule has 404 valence electrons. The maximum absolute atomic E-state index is 11.1. The fourth-order valence-electron chi connectivity index (χ4n) is 5.70. The van der Waals surface area contributed by atoms with Gasteiger partial charge in [0, 0.05) is 6.92 Å². The largest absolute Gasteiger partial charge is 0.481 e. The van der Waals surface area contributed by atoms with Gasteiger partial charge in [-0.1, -0.05) is 195 Å². The molecule has 0 fully saturated rings. The molecular formula is C50H44Cl9N11O7. The Bertz CT molecular complexity index is 3260. The molecule has 10 aromatic rings. The number of aromatic amines is 4. The van der Waals surface area contributed by atoms with Gasteiger partial charge in [0.1, 0.15) is 6.61 Å². The number of nitrogens with zero attached hydrogens (tertiary/aromatic N) is 4. The van der Waals surface area contributed by atoms with Crippen LogP contribution in [0.1, 0.15) is 45.4 Å². The molecule has 0 bridgehead atoms. The van der Waals surface area contributed by atoms with Crippen LogP contribution in [0.15, 0.2) is 152 Å². The van der Waals surface area contributed by atoms with E-state index in [0.29, 0.717) is 28.5 Å². The van der Waals surface area contributed by atoms with Crippen LogP contribution in [0.5, 0.6) is 0 Å². The zero-order valence-electron chi connectivity index (χ0n) is 39.9. The highest BCUT2D eigenvalue weighted by Crippen LogP contribution is 2.38. The molecule has 6 aromatic carbocycles. The highest BCUT2D eigenvalue weighted by Gasteiger charge is 2.29. The molecular weight excluding hydrogens is 1190 g/mol. The fourth-order valence-corrected chi connectivity index (χ4v) is 6.40. The number of alkyl halides is 9. The Hall–Kier alpha value is -6.71. The molecule has 11 N–H and O–H groups in total. The molecule has 77 heavy (non-hydrogen) atoms. The van der Waals surface area contributed by atoms with Crippen molar-refractivity contribution >= 4 is 184 Å². The molecule has 0 aliphatic rings. The third kappa shape index (κ3) is 21.3. The first kappa shape index (κ1) is 62.8. The molecule has 27 heteroatoms. The van der Waals surface area contributed by atoms with Crippen molar-refractivity contribution in [2.75, 3.05) is 18.6 Å². The van der Waals surface area contributed by atoms with Crippen molar-refractivity contribution in [1.82, 2.24) is 39.9 Å². The van der Waals surface area contributed by atoms with E-state index >= 15 is 0 Å². The van der Waals surface area contributed by atoms with Gasteiger partial charge in [-0.3, -0.25) is 10.2 Å². The van der Waals surface area contributed by atoms with E-state index in [2.05, 4.69) is 44.6 Å². The number of imidazole rings is 4. The Morgan fingerprint density at radius 1 is 0.519 bits per heavy atom. The molecule has 0 unspecified atom stereocenters. The van der Waals surface area contributed by atoms with Crippen molar-refractivity contribution < 1.29 is 34.1 Å². The van der Waals surface area contributed by atoms with Crippen LogP contribution in [-0.2, 0) is 28.5 Å². The minimum absolute atomic E-state index is 0.0174. The second-order valence-corrected chi connectivity index (χ2v) is 21.8. The van der Waals surface area contributed by atoms with Crippen LogP contribution in [-0.4, -0.2) is 84.8 Å². The van der Waals surface area contributed by atoms with Crippen LogP contribution >= 0.6 is 104 Å². The van der Waals surface area contributed by atoms with Crippen molar-refractivity contribution in [2.24, 2.45) is 0 Å². The number of anilines is 2. The van der Waals surface area contributed by atoms with Gasteiger partial charge < -0.3 is 51.1 Å². The third-order valence-corrected chi connectivity index (χ3v) is 10.7. The molecule has 0 radical (unpaired) electrons. The summed E-state index contributed by atoms with van der Waals surface area (Å²) >= 11 is 50.3. The summed E-state index contributed by atoms with van der Waals surface area (Å²) < 4.78 is 4.76. The summed E-state index contributed by atoms with van der Waals surface area (Å²) in [7, 11) is 1.33. The Morgan fingerprint density at radius 3 is 1.17 bits per heavy atom. The van der Waals surface area contributed by atoms with E-state index in [0.717, 1.165) is 51.1 Å². The number of nitrogens with one attached hydrogen (secondary N) is 5. The van der Waals surface area contributed by atoms with E-state index in [-0.39, 0.29) is 24.2 Å². The van der Waals surface area contributed by atoms with E-state index in [1.807, 2.05) is 127 Å². The van der Waals surface area contributed by atoms with Gasteiger partial charge in [-0.25, -0.2) is 29.5 Å². The number of carbonyl (C=O) groups excluding carboxylic acids is 1. The van der Waals surface area contributed by atoms with Crippen molar-refractivity contribution in [3.8, 4) is 0 Å². The number of para-hydroxylation sites is 10. The molecule has 4 heterocycles. The molecule has 0 spiro atoms. The number of carboxylic acid groups (broad SMARTS) is 2. The number of aliphatic carboxylic acids is 1. The maximum Gasteiger partial charge on any atom is 0.374 e. The minimum atomic E-state index is -1.78. The third-order valence-electron chi connectivity index (χ3n) is 9.16. The number of benzene rings is 6. The van der Waals surface area contributed by atoms with Crippen molar-refractivity contribution in [1.29, 1.82) is 5.41 Å². The lowest BCUT2D eigenvalue weighted by Crippen LogP contribution is -2.20. The van der Waals surface area contributed by atoms with Crippen LogP contribution in [0.3, 0.4) is 0 Å². The number of aromatic nitrogens is 8. The predicted molar refractivity (Wildman–Crippen MR) is 309 cm³/mol. The number of esters is 1. The Balaban J connectivity index is 0.000000198. The van der Waals surface area contributed by atoms with Crippen LogP contribution < -0.4 is 11.5 Å². The number of hydrogen-bond acceptors (Lipinski definition) is 12. The lowest BCUT2D eigenvalue weighted by Gasteiger charge is -2.13. The highest BCUT2D eigenvalue weighted by atomic mass is 35.6. The van der Waals surface area contributed by atoms with E-state index in [9.17, 15) is 9.59 Å². The molecule has 0 saturated carbocycles. The summed E-state index contributed by atoms with van der Waals surface area (Å²) in [6.07, 6.45) is 0. The molecule has 0 saturated heterocycles. The van der Waals surface area contributed by atoms with Gasteiger partial charge in [0.25, 0.3) is 9.76 Å². The lowest BCUT2D eigenvalue weighted by atomic mass is 10.2. The number of rotatable bonds is 4. The Morgan fingerprint density at radius 2 is 0.844 bits per heavy atom. The van der Waals surface area contributed by atoms with E-state index in [1.165, 1.54) is 7.11 Å². The SMILES string of the molecule is CC(=O)O.COC(=O)c1nc2ccccc2[nH]1.ClC(Cl)(Cl)c1nc2ccccc2[nH]1.ClC(Cl)(Cl)c1nc2ccccc2[nH]1.N=C(OCc1ccccc1)C(Cl)(Cl)Cl.Nc1ccccc1N.O=C(O)c1nc2ccccc2[nH]1. The predicted octanol–water partition coefficient (Wildman–Crippen LogP) is 13.9. The fraction of sp³-hybridized carbons (Fsp3) is 0.120. The number of aromatic carboxylic acids is 1. The quantitative estimate of drug-likeness (QED) is 0.0261. The van der Waals surface area contributed by atoms with E-state index in [1.54, 1.807) is 24.3 Å². The van der Waals surface area contributed by atoms with Gasteiger partial charge >= 0.3 is 11.9 Å². The average Bonchev–Trinajstić information content (AvgIpc) is 4.22. The topological polar surface area (TPSA) is 301 Å². The summed E-state index contributed by atoms with van der Waals surface area (Å²) in [6.45, 7) is 1.31. The monoisotopic (exact) mass is 1230 g/mol. The number of ether oxygens (including phenoxy) is 2. The number of methoxy groups -OCH3 is 1. The van der Waals surface area contributed by atoms with Gasteiger partial charge in [0.2, 0.25) is 25.1 Å². The molecule has 0 amide bonds. The van der Waals surface area contributed by atoms with Crippen LogP contribution in [0, 0.1) is 5.41 Å². The first-order valence-electron chi connectivity index (χ1n) is 21.6. The first-order chi connectivity index (χ1) is 36.3. The van der Waals surface area contributed by atoms with Gasteiger partial charge in [0.15, 0.2) is 11.6 Å². The van der Waals surface area contributed by atoms with Crippen molar-refractivity contribution in [2.45, 2.75) is 24.9 Å². The number of nitrogen functional groups attached to an aromatic ring is 2. The Kier molecular flexibility index (Phi) is 24.2. The number of nitrogens with two attached hydrogens (primary N) is 2. The van der Waals surface area contributed by atoms with Crippen LogP contribution in [0.4, 0.5) is 11.4 Å². The Labute approximate surface area is 483 Å². The summed E-state index contributed by atoms with van der Waals surface area (Å²) in [5.74, 6) is -1.77. The smallest absolute Gasteiger partial charge is 0.374 e. The number of hydrogen-bond donors (Lipinski definition) is 9. The molecule has 4 aromatic heterocycles. The molecule has 18 nitrogen and oxygen atoms in total. The van der Waals surface area contributed by atoms with Gasteiger partial charge in [0.05, 0.1) is 62.6 Å². The van der Waals surface area contributed by atoms with Crippen LogP contribution in [0.25, 0.3) is 44.1 Å². The second kappa shape index (κ2) is 29.7. The summed E-state index contributed by atoms with van der Waals surface area (Å²) in [6, 6.07) is 46.2. The number of fused-ring (bicyclic) bond motifs is 4. The van der Waals surface area contributed by atoms with Crippen molar-refractivity contribution in [3.63, 3.8) is 0 Å². The normalized spacial score (nSPS) is 10.7.